The van der Waals surface area contributed by atoms with Crippen LogP contribution in [0.1, 0.15) is 5.56 Å². The van der Waals surface area contributed by atoms with Gasteiger partial charge >= 0.3 is 0 Å². The fourth-order valence-electron chi connectivity index (χ4n) is 2.94. The maximum atomic E-state index is 12.0. The van der Waals surface area contributed by atoms with E-state index in [1.165, 1.54) is 12.3 Å². The minimum Gasteiger partial charge on any atom is -0.508 e. The molecule has 0 fully saturated rings. The predicted octanol–water partition coefficient (Wildman–Crippen LogP) is 2.51. The molecular formula is C21H16N4O4. The molecule has 0 aliphatic heterocycles. The summed E-state index contributed by atoms with van der Waals surface area (Å²) in [7, 11) is 0. The molecule has 0 saturated heterocycles. The lowest BCUT2D eigenvalue weighted by Crippen LogP contribution is -2.36. The second kappa shape index (κ2) is 7.43. The third-order valence-electron chi connectivity index (χ3n) is 4.40. The Hall–Kier alpha value is -4.20. The highest BCUT2D eigenvalue weighted by atomic mass is 16.3. The van der Waals surface area contributed by atoms with E-state index in [9.17, 15) is 19.8 Å². The fraction of sp³-hybridized carbons (Fsp3) is 0.0476. The zero-order valence-electron chi connectivity index (χ0n) is 15.1. The van der Waals surface area contributed by atoms with Crippen LogP contribution >= 0.6 is 0 Å². The first-order chi connectivity index (χ1) is 14.0. The molecule has 0 radical (unpaired) electrons. The van der Waals surface area contributed by atoms with Crippen molar-refractivity contribution >= 4 is 17.1 Å². The first-order valence-electron chi connectivity index (χ1n) is 8.76. The van der Waals surface area contributed by atoms with Crippen molar-refractivity contribution in [2.45, 2.75) is 6.54 Å². The molecule has 144 valence electrons. The number of nitrogens with one attached hydrogen (secondary N) is 2. The number of aromatic hydroxyl groups is 2. The quantitative estimate of drug-likeness (QED) is 0.293. The van der Waals surface area contributed by atoms with E-state index in [1.54, 1.807) is 48.5 Å². The number of phenolic OH excluding ortho intramolecular Hbond substituents is 2. The smallest absolute Gasteiger partial charge is 0.253 e. The van der Waals surface area contributed by atoms with E-state index < -0.39 is 10.9 Å². The highest BCUT2D eigenvalue weighted by molar-refractivity contribution is 5.81. The maximum absolute atomic E-state index is 12.0. The summed E-state index contributed by atoms with van der Waals surface area (Å²) in [5.74, 6) is 0.136. The van der Waals surface area contributed by atoms with Crippen molar-refractivity contribution in [3.8, 4) is 22.8 Å². The third-order valence-corrected chi connectivity index (χ3v) is 4.40. The van der Waals surface area contributed by atoms with Crippen LogP contribution in [0, 0.1) is 0 Å². The molecule has 1 heterocycles. The standard InChI is InChI=1S/C21H16N4O4/c26-14-4-1-3-12(9-14)11-22-18-19(21(29)20(18)28)24-13-6-7-17(27)15(10-13)16-5-2-8-23-25-16/h1-10,22,24,26-27H,11H2. The lowest BCUT2D eigenvalue weighted by molar-refractivity contribution is 0.474. The minimum atomic E-state index is -0.627. The zero-order chi connectivity index (χ0) is 20.4. The number of rotatable bonds is 6. The fourth-order valence-corrected chi connectivity index (χ4v) is 2.94. The van der Waals surface area contributed by atoms with Gasteiger partial charge in [-0.05, 0) is 48.0 Å². The molecule has 8 nitrogen and oxygen atoms in total. The largest absolute Gasteiger partial charge is 0.508 e. The molecule has 0 spiro atoms. The molecule has 0 unspecified atom stereocenters. The SMILES string of the molecule is O=c1c(NCc2cccc(O)c2)c(Nc2ccc(O)c(-c3cccnn3)c2)c1=O. The molecule has 3 aromatic carbocycles. The molecule has 1 aromatic heterocycles. The van der Waals surface area contributed by atoms with Gasteiger partial charge in [-0.2, -0.15) is 10.2 Å². The van der Waals surface area contributed by atoms with Gasteiger partial charge in [0.05, 0.1) is 5.69 Å². The van der Waals surface area contributed by atoms with Gasteiger partial charge in [-0.15, -0.1) is 0 Å². The van der Waals surface area contributed by atoms with E-state index in [0.717, 1.165) is 5.56 Å². The van der Waals surface area contributed by atoms with Crippen molar-refractivity contribution in [2.24, 2.45) is 0 Å². The highest BCUT2D eigenvalue weighted by Gasteiger charge is 2.21. The van der Waals surface area contributed by atoms with E-state index in [-0.39, 0.29) is 29.4 Å². The van der Waals surface area contributed by atoms with Gasteiger partial charge in [-0.1, -0.05) is 12.1 Å². The molecule has 29 heavy (non-hydrogen) atoms. The molecule has 4 N–H and O–H groups in total. The average Bonchev–Trinajstić information content (AvgIpc) is 2.74. The topological polar surface area (TPSA) is 124 Å². The molecule has 0 saturated carbocycles. The number of hydrogen-bond acceptors (Lipinski definition) is 8. The average molecular weight is 388 g/mol. The third kappa shape index (κ3) is 3.63. The van der Waals surface area contributed by atoms with Crippen molar-refractivity contribution in [2.75, 3.05) is 10.6 Å². The highest BCUT2D eigenvalue weighted by Crippen LogP contribution is 2.32. The van der Waals surface area contributed by atoms with Gasteiger partial charge in [0, 0.05) is 24.0 Å². The Labute approximate surface area is 164 Å². The van der Waals surface area contributed by atoms with Crippen LogP contribution in [0.25, 0.3) is 11.3 Å². The Kier molecular flexibility index (Phi) is 4.66. The summed E-state index contributed by atoms with van der Waals surface area (Å²) in [4.78, 5) is 24.0. The van der Waals surface area contributed by atoms with Crippen LogP contribution in [0.5, 0.6) is 11.5 Å². The van der Waals surface area contributed by atoms with E-state index in [0.29, 0.717) is 16.9 Å². The number of anilines is 3. The summed E-state index contributed by atoms with van der Waals surface area (Å²) >= 11 is 0. The van der Waals surface area contributed by atoms with Crippen LogP contribution < -0.4 is 21.5 Å². The van der Waals surface area contributed by atoms with Gasteiger partial charge in [0.1, 0.15) is 22.9 Å². The minimum absolute atomic E-state index is 0.0169. The molecule has 4 aromatic rings. The number of benzene rings is 2. The Morgan fingerprint density at radius 3 is 2.48 bits per heavy atom. The van der Waals surface area contributed by atoms with Crippen molar-refractivity contribution in [1.29, 1.82) is 0 Å². The van der Waals surface area contributed by atoms with Crippen molar-refractivity contribution in [1.82, 2.24) is 10.2 Å². The molecular weight excluding hydrogens is 372 g/mol. The lowest BCUT2D eigenvalue weighted by atomic mass is 10.1. The predicted molar refractivity (Wildman–Crippen MR) is 109 cm³/mol. The van der Waals surface area contributed by atoms with Crippen molar-refractivity contribution in [3.63, 3.8) is 0 Å². The normalized spacial score (nSPS) is 10.8. The number of aromatic nitrogens is 2. The zero-order valence-corrected chi connectivity index (χ0v) is 15.1. The first kappa shape index (κ1) is 18.2. The molecule has 0 aliphatic rings. The Morgan fingerprint density at radius 1 is 0.897 bits per heavy atom. The summed E-state index contributed by atoms with van der Waals surface area (Å²) in [6, 6.07) is 14.7. The second-order valence-electron chi connectivity index (χ2n) is 6.40. The van der Waals surface area contributed by atoms with Gasteiger partial charge in [-0.25, -0.2) is 0 Å². The monoisotopic (exact) mass is 388 g/mol. The van der Waals surface area contributed by atoms with E-state index >= 15 is 0 Å². The van der Waals surface area contributed by atoms with E-state index in [1.807, 2.05) is 0 Å². The van der Waals surface area contributed by atoms with Gasteiger partial charge in [0.15, 0.2) is 0 Å². The number of phenols is 2. The van der Waals surface area contributed by atoms with Gasteiger partial charge in [0.25, 0.3) is 10.9 Å². The van der Waals surface area contributed by atoms with Gasteiger partial charge in [0.2, 0.25) is 0 Å². The Balaban J connectivity index is 1.57. The van der Waals surface area contributed by atoms with Gasteiger partial charge in [-0.3, -0.25) is 9.59 Å². The van der Waals surface area contributed by atoms with Crippen LogP contribution in [0.2, 0.25) is 0 Å². The van der Waals surface area contributed by atoms with E-state index in [4.69, 9.17) is 0 Å². The van der Waals surface area contributed by atoms with Crippen molar-refractivity contribution < 1.29 is 10.2 Å². The molecule has 8 heteroatoms. The van der Waals surface area contributed by atoms with Crippen LogP contribution in [0.4, 0.5) is 17.1 Å². The Morgan fingerprint density at radius 2 is 1.72 bits per heavy atom. The number of nitrogens with zero attached hydrogens (tertiary/aromatic N) is 2. The maximum Gasteiger partial charge on any atom is 0.253 e. The summed E-state index contributed by atoms with van der Waals surface area (Å²) in [5.41, 5.74) is 1.27. The Bertz CT molecular complexity index is 1250. The van der Waals surface area contributed by atoms with Crippen molar-refractivity contribution in [3.05, 3.63) is 86.8 Å². The molecule has 0 atom stereocenters. The molecule has 0 amide bonds. The molecule has 0 aliphatic carbocycles. The summed E-state index contributed by atoms with van der Waals surface area (Å²) in [6.45, 7) is 0.272. The summed E-state index contributed by atoms with van der Waals surface area (Å²) < 4.78 is 0. The molecule has 0 bridgehead atoms. The van der Waals surface area contributed by atoms with Crippen LogP contribution in [0.15, 0.2) is 70.4 Å². The van der Waals surface area contributed by atoms with Gasteiger partial charge < -0.3 is 20.8 Å². The van der Waals surface area contributed by atoms with Crippen LogP contribution in [-0.2, 0) is 6.54 Å². The number of hydrogen-bond donors (Lipinski definition) is 4. The first-order valence-corrected chi connectivity index (χ1v) is 8.76. The molecule has 4 rings (SSSR count). The van der Waals surface area contributed by atoms with Crippen LogP contribution in [0.3, 0.4) is 0 Å². The second-order valence-corrected chi connectivity index (χ2v) is 6.40. The van der Waals surface area contributed by atoms with Crippen LogP contribution in [-0.4, -0.2) is 20.4 Å². The summed E-state index contributed by atoms with van der Waals surface area (Å²) in [5, 5.41) is 33.3. The lowest BCUT2D eigenvalue weighted by Gasteiger charge is -2.16. The summed E-state index contributed by atoms with van der Waals surface area (Å²) in [6.07, 6.45) is 1.52. The van der Waals surface area contributed by atoms with E-state index in [2.05, 4.69) is 20.8 Å².